The van der Waals surface area contributed by atoms with Crippen molar-refractivity contribution < 1.29 is 28.6 Å². The number of pyridine rings is 1. The van der Waals surface area contributed by atoms with E-state index >= 15 is 4.39 Å². The minimum absolute atomic E-state index is 0.0214. The number of rotatable bonds is 17. The lowest BCUT2D eigenvalue weighted by Gasteiger charge is -2.42. The highest BCUT2D eigenvalue weighted by Gasteiger charge is 2.36. The molecule has 3 aromatic carbocycles. The summed E-state index contributed by atoms with van der Waals surface area (Å²) in [6.07, 6.45) is 14.0. The molecule has 2 amide bonds. The fourth-order valence-electron chi connectivity index (χ4n) is 13.0. The third-order valence-corrected chi connectivity index (χ3v) is 18.9. The summed E-state index contributed by atoms with van der Waals surface area (Å²) in [6.45, 7) is 19.3. The van der Waals surface area contributed by atoms with Crippen LogP contribution in [0.15, 0.2) is 78.7 Å². The first kappa shape index (κ1) is 59.5. The SMILES string of the molecule is CCc1cccc2cc(O)cc(-c3ncc4c(N5CC6CCC(C5)N6)nc(OCCN5CCC(CC6CN(c7cnc(C(=O)N[C@H](C=O)C(C)(C)C)cn7)C6)CC5)nc4c3F)c12.Cc1ncsc1-c1ccc([C@H](C)NC(=O)[C@@H]2CCCN2C)cc1. The minimum atomic E-state index is -0.612. The normalized spacial score (nSPS) is 20.2. The van der Waals surface area contributed by atoms with Crippen LogP contribution in [0.5, 0.6) is 11.8 Å². The number of piperidine rings is 1. The van der Waals surface area contributed by atoms with Crippen molar-refractivity contribution >= 4 is 62.7 Å². The number of piperazine rings is 1. The van der Waals surface area contributed by atoms with Crippen LogP contribution in [0.4, 0.5) is 16.0 Å². The molecular formula is C65H80FN13O5S. The zero-order valence-electron chi connectivity index (χ0n) is 50.0. The predicted octanol–water partition coefficient (Wildman–Crippen LogP) is 9.33. The first-order valence-corrected chi connectivity index (χ1v) is 31.2. The zero-order valence-corrected chi connectivity index (χ0v) is 50.8. The van der Waals surface area contributed by atoms with Crippen molar-refractivity contribution in [3.63, 3.8) is 0 Å². The number of aryl methyl sites for hydroxylation is 2. The Morgan fingerprint density at radius 2 is 1.66 bits per heavy atom. The molecule has 4 aromatic heterocycles. The first-order chi connectivity index (χ1) is 41.0. The van der Waals surface area contributed by atoms with E-state index in [4.69, 9.17) is 19.7 Å². The molecule has 2 bridgehead atoms. The number of nitrogens with zero attached hydrogens (tertiary/aromatic N) is 10. The van der Waals surface area contributed by atoms with Crippen molar-refractivity contribution in [2.24, 2.45) is 17.3 Å². The van der Waals surface area contributed by atoms with Gasteiger partial charge in [0.25, 0.3) is 5.91 Å². The number of anilines is 2. The van der Waals surface area contributed by atoms with Crippen molar-refractivity contribution in [3.8, 4) is 33.5 Å². The number of thiazole rings is 1. The Bertz CT molecular complexity index is 3500. The number of phenols is 1. The molecule has 7 aromatic rings. The smallest absolute Gasteiger partial charge is 0.319 e. The van der Waals surface area contributed by atoms with Crippen molar-refractivity contribution in [1.29, 1.82) is 0 Å². The number of likely N-dealkylation sites (N-methyl/N-ethyl adjacent to an activating group) is 1. The minimum Gasteiger partial charge on any atom is -0.508 e. The highest BCUT2D eigenvalue weighted by Crippen LogP contribution is 2.40. The van der Waals surface area contributed by atoms with Gasteiger partial charge in [0.15, 0.2) is 5.82 Å². The fraction of sp³-hybridized carbons (Fsp3) is 0.492. The topological polar surface area (TPSA) is 207 Å². The quantitative estimate of drug-likeness (QED) is 0.0627. The fourth-order valence-corrected chi connectivity index (χ4v) is 13.8. The van der Waals surface area contributed by atoms with Crippen LogP contribution < -0.4 is 30.5 Å². The number of aromatic hydroxyl groups is 1. The van der Waals surface area contributed by atoms with Gasteiger partial charge in [-0.3, -0.25) is 24.4 Å². The van der Waals surface area contributed by atoms with Crippen LogP contribution in [0.2, 0.25) is 0 Å². The molecule has 5 aliphatic heterocycles. The number of likely N-dealkylation sites (tertiary alicyclic amines) is 2. The van der Waals surface area contributed by atoms with Crippen LogP contribution in [-0.4, -0.2) is 153 Å². The molecule has 448 valence electrons. The van der Waals surface area contributed by atoms with Gasteiger partial charge in [0.05, 0.1) is 52.0 Å². The summed E-state index contributed by atoms with van der Waals surface area (Å²) < 4.78 is 23.3. The molecular weight excluding hydrogens is 1090 g/mol. The second-order valence-electron chi connectivity index (χ2n) is 25.0. The monoisotopic (exact) mass is 1170 g/mol. The number of ether oxygens (including phenoxy) is 1. The summed E-state index contributed by atoms with van der Waals surface area (Å²) in [5.74, 6) is 1.86. The van der Waals surface area contributed by atoms with Gasteiger partial charge in [-0.2, -0.15) is 9.97 Å². The second-order valence-corrected chi connectivity index (χ2v) is 25.9. The lowest BCUT2D eigenvalue weighted by molar-refractivity contribution is -0.125. The summed E-state index contributed by atoms with van der Waals surface area (Å²) in [6, 6.07) is 17.9. The summed E-state index contributed by atoms with van der Waals surface area (Å²) >= 11 is 1.66. The van der Waals surface area contributed by atoms with E-state index in [-0.39, 0.29) is 46.7 Å². The van der Waals surface area contributed by atoms with Gasteiger partial charge in [-0.05, 0) is 149 Å². The highest BCUT2D eigenvalue weighted by atomic mass is 32.1. The number of amides is 2. The first-order valence-electron chi connectivity index (χ1n) is 30.3. The van der Waals surface area contributed by atoms with Crippen molar-refractivity contribution in [2.75, 3.05) is 75.8 Å². The van der Waals surface area contributed by atoms with E-state index in [0.29, 0.717) is 47.3 Å². The molecule has 0 radical (unpaired) electrons. The van der Waals surface area contributed by atoms with E-state index in [1.54, 1.807) is 35.9 Å². The third-order valence-electron chi connectivity index (χ3n) is 18.0. The standard InChI is InChI=1S/C47H57FN10O4.C18H23N3OS/c1-5-30-7-6-8-31-18-34(60)19-35(40(30)31)42-41(48)43-36(20-51-42)44(58-25-32-9-10-33(26-58)52-32)55-46(54-43)62-16-15-56-13-11-28(12-14-56)17-29-23-57(24-29)39-22-49-37(21-50-39)45(61)53-38(27-59)47(2,3)4;1-12(20-18(22)16-5-4-10-21(16)3)14-6-8-15(9-7-14)17-13(2)19-11-23-17/h6-8,18-22,27-29,32-33,38,52,60H,5,9-17,23-26H2,1-4H3,(H,53,61);6-9,11-12,16H,4-5,10H2,1-3H3,(H,20,22)/t32?,33?,38-;12-,16-/m10/s1. The molecule has 0 aliphatic carbocycles. The Hall–Kier alpha value is -7.26. The molecule has 4 N–H and O–H groups in total. The van der Waals surface area contributed by atoms with Crippen LogP contribution in [0.25, 0.3) is 43.4 Å². The Morgan fingerprint density at radius 3 is 2.32 bits per heavy atom. The van der Waals surface area contributed by atoms with Gasteiger partial charge in [0.2, 0.25) is 5.91 Å². The lowest BCUT2D eigenvalue weighted by atomic mass is 9.83. The predicted molar refractivity (Wildman–Crippen MR) is 332 cm³/mol. The van der Waals surface area contributed by atoms with Crippen LogP contribution in [0, 0.1) is 30.0 Å². The second kappa shape index (κ2) is 25.8. The molecule has 0 spiro atoms. The number of carbonyl (C=O) groups excluding carboxylic acids is 3. The number of phenolic OH excluding ortho intramolecular Hbond substituents is 1. The lowest BCUT2D eigenvalue weighted by Crippen LogP contribution is -2.51. The van der Waals surface area contributed by atoms with Crippen LogP contribution >= 0.6 is 11.3 Å². The van der Waals surface area contributed by atoms with E-state index in [0.717, 1.165) is 143 Å². The maximum absolute atomic E-state index is 17.0. The molecule has 18 nitrogen and oxygen atoms in total. The number of benzene rings is 3. The van der Waals surface area contributed by atoms with E-state index in [1.807, 2.05) is 65.4 Å². The summed E-state index contributed by atoms with van der Waals surface area (Å²) in [5, 5.41) is 22.5. The van der Waals surface area contributed by atoms with Gasteiger partial charge in [0.1, 0.15) is 47.2 Å². The van der Waals surface area contributed by atoms with Crippen LogP contribution in [0.3, 0.4) is 0 Å². The Kier molecular flexibility index (Phi) is 18.0. The highest BCUT2D eigenvalue weighted by molar-refractivity contribution is 7.13. The molecule has 5 atom stereocenters. The van der Waals surface area contributed by atoms with Crippen LogP contribution in [-0.2, 0) is 16.0 Å². The van der Waals surface area contributed by atoms with Gasteiger partial charge in [-0.25, -0.2) is 19.3 Å². The van der Waals surface area contributed by atoms with Crippen molar-refractivity contribution in [2.45, 2.75) is 123 Å². The number of carbonyl (C=O) groups is 3. The maximum Gasteiger partial charge on any atom is 0.319 e. The Morgan fingerprint density at radius 1 is 0.894 bits per heavy atom. The average molecular weight is 1170 g/mol. The summed E-state index contributed by atoms with van der Waals surface area (Å²) in [7, 11) is 2.02. The van der Waals surface area contributed by atoms with Gasteiger partial charge >= 0.3 is 6.01 Å². The molecule has 20 heteroatoms. The van der Waals surface area contributed by atoms with E-state index in [9.17, 15) is 19.5 Å². The molecule has 0 saturated carbocycles. The van der Waals surface area contributed by atoms with Crippen molar-refractivity contribution in [3.05, 3.63) is 107 Å². The van der Waals surface area contributed by atoms with Gasteiger partial charge < -0.3 is 40.4 Å². The Labute approximate surface area is 501 Å². The molecule has 2 unspecified atom stereocenters. The molecule has 5 aliphatic rings. The van der Waals surface area contributed by atoms with E-state index in [2.05, 4.69) is 81.7 Å². The maximum atomic E-state index is 17.0. The third kappa shape index (κ3) is 13.4. The van der Waals surface area contributed by atoms with Gasteiger partial charge in [-0.15, -0.1) is 11.3 Å². The number of aldehydes is 1. The average Bonchev–Trinajstić information content (AvgIpc) is 1.70. The van der Waals surface area contributed by atoms with E-state index < -0.39 is 23.2 Å². The number of aromatic nitrogens is 6. The molecule has 9 heterocycles. The number of hydrogen-bond acceptors (Lipinski definition) is 17. The number of hydrogen-bond donors (Lipinski definition) is 4. The summed E-state index contributed by atoms with van der Waals surface area (Å²) in [4.78, 5) is 74.2. The largest absolute Gasteiger partial charge is 0.508 e. The number of nitrogens with one attached hydrogen (secondary N) is 3. The molecule has 85 heavy (non-hydrogen) atoms. The van der Waals surface area contributed by atoms with Gasteiger partial charge in [0, 0.05) is 56.6 Å². The zero-order chi connectivity index (χ0) is 59.5. The van der Waals surface area contributed by atoms with E-state index in [1.165, 1.54) is 16.6 Å². The van der Waals surface area contributed by atoms with Crippen molar-refractivity contribution in [1.82, 2.24) is 55.7 Å². The van der Waals surface area contributed by atoms with Crippen LogP contribution in [0.1, 0.15) is 113 Å². The van der Waals surface area contributed by atoms with Gasteiger partial charge in [-0.1, -0.05) is 70.2 Å². The summed E-state index contributed by atoms with van der Waals surface area (Å²) in [5.41, 5.74) is 6.94. The molecule has 12 rings (SSSR count). The molecule has 5 saturated heterocycles. The Balaban J connectivity index is 0.000000273. The number of fused-ring (bicyclic) bond motifs is 4. The number of halogens is 1. The molecule has 5 fully saturated rings.